The van der Waals surface area contributed by atoms with Crippen molar-refractivity contribution in [2.45, 2.75) is 13.3 Å². The van der Waals surface area contributed by atoms with Gasteiger partial charge in [-0.1, -0.05) is 12.1 Å². The summed E-state index contributed by atoms with van der Waals surface area (Å²) >= 11 is 0. The first-order valence-corrected chi connectivity index (χ1v) is 9.01. The summed E-state index contributed by atoms with van der Waals surface area (Å²) in [5.74, 6) is -0.0444. The molecule has 8 nitrogen and oxygen atoms in total. The zero-order valence-corrected chi connectivity index (χ0v) is 16.4. The molecule has 0 spiro atoms. The van der Waals surface area contributed by atoms with Gasteiger partial charge in [-0.15, -0.1) is 0 Å². The minimum Gasteiger partial charge on any atom is -0.496 e. The lowest BCUT2D eigenvalue weighted by atomic mass is 10.1. The fraction of sp³-hybridized carbons (Fsp3) is 0.200. The number of amides is 1. The zero-order chi connectivity index (χ0) is 21.4. The van der Waals surface area contributed by atoms with Crippen molar-refractivity contribution in [1.82, 2.24) is 24.4 Å². The molecular formula is C20H18F2N6O2. The van der Waals surface area contributed by atoms with E-state index in [1.807, 2.05) is 0 Å². The van der Waals surface area contributed by atoms with E-state index in [-0.39, 0.29) is 22.6 Å². The van der Waals surface area contributed by atoms with E-state index < -0.39 is 12.3 Å². The van der Waals surface area contributed by atoms with Gasteiger partial charge in [-0.2, -0.15) is 10.2 Å². The lowest BCUT2D eigenvalue weighted by Gasteiger charge is -2.11. The van der Waals surface area contributed by atoms with Gasteiger partial charge in [0.1, 0.15) is 17.0 Å². The molecule has 0 radical (unpaired) electrons. The fourth-order valence-corrected chi connectivity index (χ4v) is 3.21. The lowest BCUT2D eigenvalue weighted by molar-refractivity contribution is 0.102. The molecule has 0 aliphatic heterocycles. The molecule has 0 atom stereocenters. The molecule has 0 aliphatic carbocycles. The van der Waals surface area contributed by atoms with Crippen LogP contribution >= 0.6 is 0 Å². The summed E-state index contributed by atoms with van der Waals surface area (Å²) in [5, 5.41) is 10.9. The lowest BCUT2D eigenvalue weighted by Crippen LogP contribution is -2.13. The molecule has 0 aliphatic rings. The molecule has 1 amide bonds. The first kappa shape index (κ1) is 19.5. The number of fused-ring (bicyclic) bond motifs is 1. The average Bonchev–Trinajstić information content (AvgIpc) is 3.29. The number of ether oxygens (including phenoxy) is 1. The van der Waals surface area contributed by atoms with Crippen molar-refractivity contribution in [3.63, 3.8) is 0 Å². The average molecular weight is 412 g/mol. The smallest absolute Gasteiger partial charge is 0.280 e. The van der Waals surface area contributed by atoms with E-state index in [0.717, 1.165) is 4.52 Å². The molecule has 0 saturated carbocycles. The number of alkyl halides is 2. The van der Waals surface area contributed by atoms with Crippen LogP contribution in [0.15, 0.2) is 42.7 Å². The van der Waals surface area contributed by atoms with Crippen LogP contribution in [0.25, 0.3) is 16.9 Å². The number of hydrogen-bond donors (Lipinski definition) is 1. The third kappa shape index (κ3) is 3.36. The third-order valence-electron chi connectivity index (χ3n) is 4.61. The van der Waals surface area contributed by atoms with E-state index in [1.165, 1.54) is 19.4 Å². The number of nitrogens with zero attached hydrogens (tertiary/aromatic N) is 5. The van der Waals surface area contributed by atoms with Gasteiger partial charge in [0.05, 0.1) is 30.4 Å². The maximum Gasteiger partial charge on any atom is 0.280 e. The molecule has 3 aromatic heterocycles. The summed E-state index contributed by atoms with van der Waals surface area (Å²) in [5.41, 5.74) is 1.62. The Morgan fingerprint density at radius 1 is 1.27 bits per heavy atom. The van der Waals surface area contributed by atoms with E-state index in [0.29, 0.717) is 22.7 Å². The number of aryl methyl sites for hydroxylation is 2. The number of hydrogen-bond acceptors (Lipinski definition) is 5. The van der Waals surface area contributed by atoms with Crippen LogP contribution in [0.5, 0.6) is 5.75 Å². The summed E-state index contributed by atoms with van der Waals surface area (Å²) < 4.78 is 35.4. The van der Waals surface area contributed by atoms with Crippen molar-refractivity contribution in [1.29, 1.82) is 0 Å². The highest BCUT2D eigenvalue weighted by Crippen LogP contribution is 2.32. The molecule has 0 saturated heterocycles. The van der Waals surface area contributed by atoms with Crippen LogP contribution in [0, 0.1) is 6.92 Å². The summed E-state index contributed by atoms with van der Waals surface area (Å²) in [6.07, 6.45) is 0.0543. The second-order valence-corrected chi connectivity index (χ2v) is 6.62. The van der Waals surface area contributed by atoms with Gasteiger partial charge >= 0.3 is 0 Å². The van der Waals surface area contributed by atoms with Crippen LogP contribution in [0.4, 0.5) is 14.5 Å². The van der Waals surface area contributed by atoms with Gasteiger partial charge < -0.3 is 10.1 Å². The van der Waals surface area contributed by atoms with Crippen LogP contribution in [0.1, 0.15) is 28.2 Å². The normalized spacial score (nSPS) is 11.3. The summed E-state index contributed by atoms with van der Waals surface area (Å²) in [4.78, 5) is 17.3. The molecule has 0 bridgehead atoms. The highest BCUT2D eigenvalue weighted by Gasteiger charge is 2.23. The van der Waals surface area contributed by atoms with E-state index in [4.69, 9.17) is 4.74 Å². The topological polar surface area (TPSA) is 86.3 Å². The fourth-order valence-electron chi connectivity index (χ4n) is 3.21. The number of aromatic nitrogens is 5. The Balaban J connectivity index is 1.85. The van der Waals surface area contributed by atoms with Gasteiger partial charge in [0.25, 0.3) is 12.3 Å². The maximum absolute atomic E-state index is 13.8. The SMILES string of the molecule is COc1ccccc1-c1cc(C(F)F)n2ncc(C(=O)Nc3cn(C)nc3C)c2n1. The molecule has 4 rings (SSSR count). The Kier molecular flexibility index (Phi) is 4.90. The van der Waals surface area contributed by atoms with Gasteiger partial charge in [0, 0.05) is 18.8 Å². The monoisotopic (exact) mass is 412 g/mol. The standard InChI is InChI=1S/C20H18F2N6O2/c1-11-15(10-27(2)26-11)25-20(29)13-9-23-28-16(18(21)22)8-14(24-19(13)28)12-6-4-5-7-17(12)30-3/h4-10,18H,1-3H3,(H,25,29). The van der Waals surface area contributed by atoms with Crippen LogP contribution < -0.4 is 10.1 Å². The largest absolute Gasteiger partial charge is 0.496 e. The van der Waals surface area contributed by atoms with Crippen molar-refractivity contribution in [2.75, 3.05) is 12.4 Å². The zero-order valence-electron chi connectivity index (χ0n) is 16.4. The van der Waals surface area contributed by atoms with Gasteiger partial charge in [-0.05, 0) is 25.1 Å². The number of carbonyl (C=O) groups excluding carboxylic acids is 1. The predicted molar refractivity (Wildman–Crippen MR) is 106 cm³/mol. The van der Waals surface area contributed by atoms with Gasteiger partial charge in [0.2, 0.25) is 0 Å². The molecule has 30 heavy (non-hydrogen) atoms. The van der Waals surface area contributed by atoms with E-state index in [9.17, 15) is 13.6 Å². The summed E-state index contributed by atoms with van der Waals surface area (Å²) in [6.45, 7) is 1.75. The molecule has 3 heterocycles. The quantitative estimate of drug-likeness (QED) is 0.541. The highest BCUT2D eigenvalue weighted by molar-refractivity contribution is 6.08. The number of rotatable bonds is 5. The molecule has 0 fully saturated rings. The predicted octanol–water partition coefficient (Wildman–Crippen LogP) is 3.64. The van der Waals surface area contributed by atoms with Crippen LogP contribution in [-0.2, 0) is 7.05 Å². The van der Waals surface area contributed by atoms with Crippen LogP contribution in [0.3, 0.4) is 0 Å². The van der Waals surface area contributed by atoms with Crippen molar-refractivity contribution in [3.8, 4) is 17.0 Å². The Morgan fingerprint density at radius 2 is 2.03 bits per heavy atom. The number of halogens is 2. The van der Waals surface area contributed by atoms with Crippen molar-refractivity contribution >= 4 is 17.2 Å². The van der Waals surface area contributed by atoms with Gasteiger partial charge in [-0.25, -0.2) is 18.3 Å². The first-order valence-electron chi connectivity index (χ1n) is 9.01. The Bertz CT molecular complexity index is 1250. The maximum atomic E-state index is 13.8. The number of methoxy groups -OCH3 is 1. The van der Waals surface area contributed by atoms with Crippen molar-refractivity contribution in [3.05, 3.63) is 59.7 Å². The molecule has 154 valence electrons. The Morgan fingerprint density at radius 3 is 2.70 bits per heavy atom. The van der Waals surface area contributed by atoms with E-state index in [1.54, 1.807) is 49.1 Å². The first-order chi connectivity index (χ1) is 14.4. The summed E-state index contributed by atoms with van der Waals surface area (Å²) in [7, 11) is 3.22. The number of nitrogens with one attached hydrogen (secondary N) is 1. The second kappa shape index (κ2) is 7.54. The molecule has 1 N–H and O–H groups in total. The summed E-state index contributed by atoms with van der Waals surface area (Å²) in [6, 6.07) is 8.18. The molecule has 4 aromatic rings. The molecule has 0 unspecified atom stereocenters. The Hall–Kier alpha value is -3.82. The third-order valence-corrected chi connectivity index (χ3v) is 4.61. The van der Waals surface area contributed by atoms with Crippen LogP contribution in [-0.4, -0.2) is 37.4 Å². The Labute approximate surface area is 170 Å². The van der Waals surface area contributed by atoms with Gasteiger partial charge in [-0.3, -0.25) is 9.48 Å². The molecular weight excluding hydrogens is 394 g/mol. The molecule has 10 heteroatoms. The minimum atomic E-state index is -2.82. The van der Waals surface area contributed by atoms with E-state index >= 15 is 0 Å². The van der Waals surface area contributed by atoms with Gasteiger partial charge in [0.15, 0.2) is 5.65 Å². The highest BCUT2D eigenvalue weighted by atomic mass is 19.3. The second-order valence-electron chi connectivity index (χ2n) is 6.62. The number of carbonyl (C=O) groups is 1. The van der Waals surface area contributed by atoms with Crippen molar-refractivity contribution < 1.29 is 18.3 Å². The number of para-hydroxylation sites is 1. The van der Waals surface area contributed by atoms with Crippen molar-refractivity contribution in [2.24, 2.45) is 7.05 Å². The number of benzene rings is 1. The molecule has 1 aromatic carbocycles. The van der Waals surface area contributed by atoms with Crippen LogP contribution in [0.2, 0.25) is 0 Å². The number of anilines is 1. The minimum absolute atomic E-state index is 0.0211. The van der Waals surface area contributed by atoms with E-state index in [2.05, 4.69) is 20.5 Å².